The van der Waals surface area contributed by atoms with Crippen LogP contribution >= 0.6 is 23.2 Å². The summed E-state index contributed by atoms with van der Waals surface area (Å²) < 4.78 is 0. The van der Waals surface area contributed by atoms with Crippen molar-refractivity contribution < 1.29 is 24.6 Å². The SMILES string of the molecule is CC(C)(O)CN1CCc2cc(C(=O)Nc3cccc(-c4cccc(NC(=O)c5cc(C6CC6)c(CN6CCCC[C@H]6C(=O)O)cn5)c4Cl)c3Cl)ncc2C1. The number of piperidine rings is 1. The smallest absolute Gasteiger partial charge is 0.320 e. The van der Waals surface area contributed by atoms with Crippen LogP contribution in [0.1, 0.15) is 95.1 Å². The summed E-state index contributed by atoms with van der Waals surface area (Å²) in [6.45, 7) is 6.76. The lowest BCUT2D eigenvalue weighted by atomic mass is 9.99. The minimum Gasteiger partial charge on any atom is -0.480 e. The van der Waals surface area contributed by atoms with Gasteiger partial charge in [-0.3, -0.25) is 34.2 Å². The fraction of sp³-hybridized carbons (Fsp3) is 0.390. The highest BCUT2D eigenvalue weighted by Gasteiger charge is 2.32. The van der Waals surface area contributed by atoms with E-state index in [-0.39, 0.29) is 21.4 Å². The summed E-state index contributed by atoms with van der Waals surface area (Å²) in [5.74, 6) is -1.30. The molecule has 4 N–H and O–H groups in total. The summed E-state index contributed by atoms with van der Waals surface area (Å²) in [4.78, 5) is 52.0. The Kier molecular flexibility index (Phi) is 11.1. The number of aromatic nitrogens is 2. The number of hydrogen-bond donors (Lipinski definition) is 4. The van der Waals surface area contributed by atoms with Crippen LogP contribution in [0.25, 0.3) is 11.1 Å². The van der Waals surface area contributed by atoms with Crippen molar-refractivity contribution in [1.82, 2.24) is 19.8 Å². The number of benzene rings is 2. The maximum absolute atomic E-state index is 13.6. The number of pyridine rings is 2. The normalized spacial score (nSPS) is 17.8. The van der Waals surface area contributed by atoms with Crippen LogP contribution < -0.4 is 10.6 Å². The van der Waals surface area contributed by atoms with Crippen molar-refractivity contribution in [1.29, 1.82) is 0 Å². The van der Waals surface area contributed by atoms with E-state index in [1.165, 1.54) is 0 Å². The first-order chi connectivity index (χ1) is 25.8. The Hall–Kier alpha value is -4.39. The number of nitrogens with one attached hydrogen (secondary N) is 2. The molecule has 1 aliphatic carbocycles. The second-order valence-corrected chi connectivity index (χ2v) is 16.0. The van der Waals surface area contributed by atoms with E-state index in [1.807, 2.05) is 17.0 Å². The molecular formula is C41H44Cl2N6O5. The lowest BCUT2D eigenvalue weighted by Gasteiger charge is -2.33. The Bertz CT molecular complexity index is 2100. The van der Waals surface area contributed by atoms with Crippen molar-refractivity contribution in [2.24, 2.45) is 0 Å². The number of hydrogen-bond acceptors (Lipinski definition) is 8. The topological polar surface area (TPSA) is 148 Å². The molecule has 4 heterocycles. The molecule has 1 saturated heterocycles. The van der Waals surface area contributed by atoms with E-state index >= 15 is 0 Å². The Morgan fingerprint density at radius 3 is 2.09 bits per heavy atom. The molecule has 7 rings (SSSR count). The standard InChI is InChI=1S/C41H44Cl2N6O5/c1-41(2,54)23-48-16-14-25-17-33(44-19-26(25)21-48)38(50)46-31-9-5-7-28(36(31)42)29-8-6-10-32(37(29)43)47-39(51)34-18-30(24-12-13-24)27(20-45-34)22-49-15-4-3-11-35(49)40(52)53/h5-10,17-20,24,35,54H,3-4,11-16,21-23H2,1-2H3,(H,46,50)(H,47,51)(H,52,53)/t35-/m0/s1. The molecule has 2 aliphatic heterocycles. The molecule has 2 fully saturated rings. The van der Waals surface area contributed by atoms with E-state index in [2.05, 4.69) is 25.5 Å². The maximum atomic E-state index is 13.6. The van der Waals surface area contributed by atoms with Crippen LogP contribution in [0.15, 0.2) is 60.9 Å². The zero-order valence-electron chi connectivity index (χ0n) is 30.4. The van der Waals surface area contributed by atoms with Gasteiger partial charge in [-0.05, 0) is 105 Å². The quantitative estimate of drug-likeness (QED) is 0.122. The number of amides is 2. The number of carbonyl (C=O) groups is 3. The zero-order valence-corrected chi connectivity index (χ0v) is 31.9. The molecule has 1 atom stereocenters. The highest BCUT2D eigenvalue weighted by atomic mass is 35.5. The molecule has 0 unspecified atom stereocenters. The highest BCUT2D eigenvalue weighted by Crippen LogP contribution is 2.43. The number of anilines is 2. The van der Waals surface area contributed by atoms with E-state index in [1.54, 1.807) is 62.6 Å². The van der Waals surface area contributed by atoms with Gasteiger partial charge in [-0.1, -0.05) is 53.9 Å². The molecule has 4 aromatic rings. The van der Waals surface area contributed by atoms with E-state index in [9.17, 15) is 24.6 Å². The first-order valence-electron chi connectivity index (χ1n) is 18.4. The number of carboxylic acid groups (broad SMARTS) is 1. The van der Waals surface area contributed by atoms with Crippen LogP contribution in [0.4, 0.5) is 11.4 Å². The molecule has 282 valence electrons. The summed E-state index contributed by atoms with van der Waals surface area (Å²) in [7, 11) is 0. The summed E-state index contributed by atoms with van der Waals surface area (Å²) >= 11 is 13.8. The predicted molar refractivity (Wildman–Crippen MR) is 209 cm³/mol. The molecule has 1 saturated carbocycles. The second kappa shape index (κ2) is 15.8. The number of aliphatic carboxylic acids is 1. The fourth-order valence-electron chi connectivity index (χ4n) is 7.56. The third-order valence-corrected chi connectivity index (χ3v) is 11.2. The van der Waals surface area contributed by atoms with Crippen LogP contribution in [-0.4, -0.2) is 79.0 Å². The van der Waals surface area contributed by atoms with Crippen LogP contribution in [-0.2, 0) is 24.3 Å². The molecule has 13 heteroatoms. The van der Waals surface area contributed by atoms with Gasteiger partial charge in [-0.15, -0.1) is 0 Å². The Labute approximate surface area is 324 Å². The summed E-state index contributed by atoms with van der Waals surface area (Å²) in [6, 6.07) is 13.6. The van der Waals surface area contributed by atoms with Gasteiger partial charge >= 0.3 is 5.97 Å². The average Bonchev–Trinajstić information content (AvgIpc) is 3.99. The summed E-state index contributed by atoms with van der Waals surface area (Å²) in [5, 5.41) is 26.4. The van der Waals surface area contributed by atoms with Crippen molar-refractivity contribution in [2.75, 3.05) is 30.3 Å². The molecule has 54 heavy (non-hydrogen) atoms. The number of rotatable bonds is 11. The monoisotopic (exact) mass is 770 g/mol. The third kappa shape index (κ3) is 8.61. The zero-order chi connectivity index (χ0) is 38.1. The van der Waals surface area contributed by atoms with Crippen LogP contribution in [0.2, 0.25) is 10.0 Å². The Morgan fingerprint density at radius 1 is 0.852 bits per heavy atom. The van der Waals surface area contributed by atoms with Crippen LogP contribution in [0.3, 0.4) is 0 Å². The number of β-amino-alcohol motifs (C(OH)–C–C–N with tert-alkyl or cyclic N) is 1. The third-order valence-electron chi connectivity index (χ3n) is 10.3. The highest BCUT2D eigenvalue weighted by molar-refractivity contribution is 6.40. The molecular weight excluding hydrogens is 727 g/mol. The first kappa shape index (κ1) is 37.9. The van der Waals surface area contributed by atoms with E-state index in [0.29, 0.717) is 61.0 Å². The van der Waals surface area contributed by atoms with Gasteiger partial charge in [0.25, 0.3) is 11.8 Å². The number of halogens is 2. The Morgan fingerprint density at radius 2 is 1.48 bits per heavy atom. The van der Waals surface area contributed by atoms with E-state index in [4.69, 9.17) is 23.2 Å². The van der Waals surface area contributed by atoms with E-state index < -0.39 is 29.4 Å². The summed E-state index contributed by atoms with van der Waals surface area (Å²) in [6.07, 6.45) is 8.69. The second-order valence-electron chi connectivity index (χ2n) is 15.2. The van der Waals surface area contributed by atoms with Gasteiger partial charge in [0.2, 0.25) is 0 Å². The molecule has 3 aliphatic rings. The van der Waals surface area contributed by atoms with Gasteiger partial charge in [0.15, 0.2) is 0 Å². The van der Waals surface area contributed by atoms with Gasteiger partial charge in [0.1, 0.15) is 17.4 Å². The number of aliphatic hydroxyl groups is 1. The van der Waals surface area contributed by atoms with Crippen molar-refractivity contribution in [2.45, 2.75) is 83.0 Å². The van der Waals surface area contributed by atoms with Crippen LogP contribution in [0.5, 0.6) is 0 Å². The number of likely N-dealkylation sites (tertiary alicyclic amines) is 1. The molecule has 2 aromatic heterocycles. The van der Waals surface area contributed by atoms with Gasteiger partial charge in [0.05, 0.1) is 27.0 Å². The molecule has 11 nitrogen and oxygen atoms in total. The molecule has 2 amide bonds. The minimum atomic E-state index is -0.802. The molecule has 2 aromatic carbocycles. The van der Waals surface area contributed by atoms with Crippen LogP contribution in [0, 0.1) is 0 Å². The fourth-order valence-corrected chi connectivity index (χ4v) is 8.11. The number of carbonyl (C=O) groups excluding carboxylic acids is 2. The van der Waals surface area contributed by atoms with Crippen molar-refractivity contribution >= 4 is 52.4 Å². The number of fused-ring (bicyclic) bond motifs is 1. The van der Waals surface area contributed by atoms with Crippen molar-refractivity contribution in [3.8, 4) is 11.1 Å². The lowest BCUT2D eigenvalue weighted by Crippen LogP contribution is -2.44. The van der Waals surface area contributed by atoms with Gasteiger partial charge < -0.3 is 20.8 Å². The molecule has 0 spiro atoms. The van der Waals surface area contributed by atoms with Gasteiger partial charge in [0, 0.05) is 49.7 Å². The average molecular weight is 772 g/mol. The van der Waals surface area contributed by atoms with Gasteiger partial charge in [-0.25, -0.2) is 0 Å². The first-order valence-corrected chi connectivity index (χ1v) is 19.2. The number of nitrogens with zero attached hydrogens (tertiary/aromatic N) is 4. The largest absolute Gasteiger partial charge is 0.480 e. The lowest BCUT2D eigenvalue weighted by molar-refractivity contribution is -0.144. The molecule has 0 bridgehead atoms. The Balaban J connectivity index is 1.05. The van der Waals surface area contributed by atoms with Crippen molar-refractivity contribution in [3.05, 3.63) is 105 Å². The van der Waals surface area contributed by atoms with Gasteiger partial charge in [-0.2, -0.15) is 0 Å². The van der Waals surface area contributed by atoms with E-state index in [0.717, 1.165) is 60.9 Å². The minimum absolute atomic E-state index is 0.250. The van der Waals surface area contributed by atoms with Crippen molar-refractivity contribution in [3.63, 3.8) is 0 Å². The molecule has 0 radical (unpaired) electrons. The summed E-state index contributed by atoms with van der Waals surface area (Å²) in [5.41, 5.74) is 5.70. The number of carboxylic acids is 1. The predicted octanol–water partition coefficient (Wildman–Crippen LogP) is 7.40. The maximum Gasteiger partial charge on any atom is 0.320 e.